The summed E-state index contributed by atoms with van der Waals surface area (Å²) in [5.74, 6) is -0.0851. The number of hydrogen-bond acceptors (Lipinski definition) is 4. The third-order valence-corrected chi connectivity index (χ3v) is 5.75. The Morgan fingerprint density at radius 3 is 2.35 bits per heavy atom. The molecule has 31 heavy (non-hydrogen) atoms. The summed E-state index contributed by atoms with van der Waals surface area (Å²) in [6.45, 7) is 8.29. The minimum absolute atomic E-state index is 0.0126. The van der Waals surface area contributed by atoms with Gasteiger partial charge in [-0.3, -0.25) is 14.4 Å². The minimum atomic E-state index is -0.0851. The van der Waals surface area contributed by atoms with Crippen LogP contribution in [0.15, 0.2) is 60.7 Å². The highest BCUT2D eigenvalue weighted by molar-refractivity contribution is 5.96. The van der Waals surface area contributed by atoms with E-state index in [1.165, 1.54) is 5.56 Å². The molecule has 2 aromatic carbocycles. The standard InChI is InChI=1S/C25H30N4O2/c1-19-24(20(2)29(27-19)17-22-11-7-4-8-12-22)25(30)26-15-23-18-28(13-14-31-23)16-21-9-5-3-6-10-21/h3-12,23H,13-18H2,1-2H3,(H,26,30). The van der Waals surface area contributed by atoms with Crippen LogP contribution in [0, 0.1) is 13.8 Å². The van der Waals surface area contributed by atoms with Gasteiger partial charge in [-0.2, -0.15) is 5.10 Å². The number of carbonyl (C=O) groups is 1. The molecule has 1 N–H and O–H groups in total. The predicted molar refractivity (Wildman–Crippen MR) is 121 cm³/mol. The maximum absolute atomic E-state index is 12.9. The number of nitrogens with one attached hydrogen (secondary N) is 1. The van der Waals surface area contributed by atoms with Crippen LogP contribution in [0.25, 0.3) is 0 Å². The molecule has 0 aliphatic carbocycles. The molecular formula is C25H30N4O2. The van der Waals surface area contributed by atoms with Gasteiger partial charge in [0.2, 0.25) is 0 Å². The maximum atomic E-state index is 12.9. The molecule has 1 fully saturated rings. The third-order valence-electron chi connectivity index (χ3n) is 5.75. The molecule has 1 unspecified atom stereocenters. The highest BCUT2D eigenvalue weighted by Gasteiger charge is 2.23. The zero-order valence-corrected chi connectivity index (χ0v) is 18.3. The van der Waals surface area contributed by atoms with E-state index in [2.05, 4.69) is 51.7 Å². The first-order valence-corrected chi connectivity index (χ1v) is 10.8. The Morgan fingerprint density at radius 1 is 1.03 bits per heavy atom. The van der Waals surface area contributed by atoms with E-state index in [9.17, 15) is 4.79 Å². The first-order valence-electron chi connectivity index (χ1n) is 10.8. The SMILES string of the molecule is Cc1nn(Cc2ccccc2)c(C)c1C(=O)NCC1CN(Cc2ccccc2)CCO1. The summed E-state index contributed by atoms with van der Waals surface area (Å²) in [5.41, 5.74) is 4.75. The van der Waals surface area contributed by atoms with Gasteiger partial charge in [-0.25, -0.2) is 0 Å². The largest absolute Gasteiger partial charge is 0.374 e. The van der Waals surface area contributed by atoms with E-state index in [1.54, 1.807) is 0 Å². The summed E-state index contributed by atoms with van der Waals surface area (Å²) in [5, 5.41) is 7.66. The molecule has 0 spiro atoms. The molecule has 162 valence electrons. The molecule has 1 amide bonds. The fraction of sp³-hybridized carbons (Fsp3) is 0.360. The fourth-order valence-electron chi connectivity index (χ4n) is 4.12. The molecular weight excluding hydrogens is 388 g/mol. The Balaban J connectivity index is 1.34. The van der Waals surface area contributed by atoms with E-state index in [0.29, 0.717) is 25.3 Å². The third kappa shape index (κ3) is 5.40. The van der Waals surface area contributed by atoms with Crippen LogP contribution in [0.2, 0.25) is 0 Å². The van der Waals surface area contributed by atoms with Crippen LogP contribution < -0.4 is 5.32 Å². The van der Waals surface area contributed by atoms with Crippen molar-refractivity contribution in [2.45, 2.75) is 33.0 Å². The van der Waals surface area contributed by atoms with Crippen LogP contribution in [-0.2, 0) is 17.8 Å². The first kappa shape index (κ1) is 21.3. The summed E-state index contributed by atoms with van der Waals surface area (Å²) >= 11 is 0. The number of aryl methyl sites for hydroxylation is 1. The monoisotopic (exact) mass is 418 g/mol. The summed E-state index contributed by atoms with van der Waals surface area (Å²) in [7, 11) is 0. The van der Waals surface area contributed by atoms with Crippen molar-refractivity contribution in [1.29, 1.82) is 0 Å². The summed E-state index contributed by atoms with van der Waals surface area (Å²) in [6.07, 6.45) is -0.0126. The number of rotatable bonds is 7. The summed E-state index contributed by atoms with van der Waals surface area (Å²) in [6, 6.07) is 20.6. The van der Waals surface area contributed by atoms with Crippen molar-refractivity contribution in [2.24, 2.45) is 0 Å². The van der Waals surface area contributed by atoms with Crippen molar-refractivity contribution in [3.8, 4) is 0 Å². The Labute approximate surface area is 183 Å². The molecule has 1 atom stereocenters. The van der Waals surface area contributed by atoms with Gasteiger partial charge in [-0.15, -0.1) is 0 Å². The second-order valence-corrected chi connectivity index (χ2v) is 8.11. The number of ether oxygens (including phenoxy) is 1. The lowest BCUT2D eigenvalue weighted by Crippen LogP contribution is -2.47. The average molecular weight is 419 g/mol. The number of carbonyl (C=O) groups excluding carboxylic acids is 1. The smallest absolute Gasteiger partial charge is 0.255 e. The number of nitrogens with zero attached hydrogens (tertiary/aromatic N) is 3. The second kappa shape index (κ2) is 9.90. The Hall–Kier alpha value is -2.96. The maximum Gasteiger partial charge on any atom is 0.255 e. The first-order chi connectivity index (χ1) is 15.1. The zero-order chi connectivity index (χ0) is 21.6. The van der Waals surface area contributed by atoms with Crippen LogP contribution in [0.4, 0.5) is 0 Å². The molecule has 0 radical (unpaired) electrons. The molecule has 0 saturated carbocycles. The van der Waals surface area contributed by atoms with Gasteiger partial charge in [-0.1, -0.05) is 60.7 Å². The van der Waals surface area contributed by atoms with Gasteiger partial charge >= 0.3 is 0 Å². The van der Waals surface area contributed by atoms with Crippen molar-refractivity contribution in [2.75, 3.05) is 26.2 Å². The molecule has 1 aromatic heterocycles. The van der Waals surface area contributed by atoms with Crippen molar-refractivity contribution >= 4 is 5.91 Å². The van der Waals surface area contributed by atoms with Crippen molar-refractivity contribution < 1.29 is 9.53 Å². The lowest BCUT2D eigenvalue weighted by atomic mass is 10.1. The molecule has 6 nitrogen and oxygen atoms in total. The fourth-order valence-corrected chi connectivity index (χ4v) is 4.12. The van der Waals surface area contributed by atoms with Gasteiger partial charge in [0.15, 0.2) is 0 Å². The molecule has 1 aliphatic heterocycles. The van der Waals surface area contributed by atoms with E-state index >= 15 is 0 Å². The van der Waals surface area contributed by atoms with Gasteiger partial charge < -0.3 is 10.1 Å². The summed E-state index contributed by atoms with van der Waals surface area (Å²) < 4.78 is 7.80. The van der Waals surface area contributed by atoms with Crippen LogP contribution >= 0.6 is 0 Å². The number of amides is 1. The van der Waals surface area contributed by atoms with Crippen LogP contribution in [0.1, 0.15) is 32.9 Å². The molecule has 4 rings (SSSR count). The van der Waals surface area contributed by atoms with Gasteiger partial charge in [0.1, 0.15) is 0 Å². The number of morpholine rings is 1. The van der Waals surface area contributed by atoms with Crippen LogP contribution in [0.5, 0.6) is 0 Å². The van der Waals surface area contributed by atoms with Gasteiger partial charge in [-0.05, 0) is 25.0 Å². The second-order valence-electron chi connectivity index (χ2n) is 8.11. The van der Waals surface area contributed by atoms with Gasteiger partial charge in [0.05, 0.1) is 30.5 Å². The molecule has 3 aromatic rings. The zero-order valence-electron chi connectivity index (χ0n) is 18.3. The van der Waals surface area contributed by atoms with E-state index < -0.39 is 0 Å². The van der Waals surface area contributed by atoms with Crippen molar-refractivity contribution in [3.05, 3.63) is 88.7 Å². The van der Waals surface area contributed by atoms with Gasteiger partial charge in [0, 0.05) is 31.9 Å². The van der Waals surface area contributed by atoms with Crippen molar-refractivity contribution in [1.82, 2.24) is 20.0 Å². The van der Waals surface area contributed by atoms with Gasteiger partial charge in [0.25, 0.3) is 5.91 Å². The Kier molecular flexibility index (Phi) is 6.79. The number of benzene rings is 2. The van der Waals surface area contributed by atoms with Crippen LogP contribution in [0.3, 0.4) is 0 Å². The molecule has 6 heteroatoms. The Bertz CT molecular complexity index is 1000. The van der Waals surface area contributed by atoms with Crippen molar-refractivity contribution in [3.63, 3.8) is 0 Å². The molecule has 0 bridgehead atoms. The van der Waals surface area contributed by atoms with E-state index in [1.807, 2.05) is 42.8 Å². The lowest BCUT2D eigenvalue weighted by Gasteiger charge is -2.33. The topological polar surface area (TPSA) is 59.4 Å². The predicted octanol–water partition coefficient (Wildman–Crippen LogP) is 3.18. The normalized spacial score (nSPS) is 16.9. The molecule has 2 heterocycles. The summed E-state index contributed by atoms with van der Waals surface area (Å²) in [4.78, 5) is 15.3. The van der Waals surface area contributed by atoms with Crippen LogP contribution in [-0.4, -0.2) is 52.9 Å². The average Bonchev–Trinajstić information content (AvgIpc) is 3.06. The lowest BCUT2D eigenvalue weighted by molar-refractivity contribution is -0.0292. The molecule has 1 saturated heterocycles. The minimum Gasteiger partial charge on any atom is -0.374 e. The van der Waals surface area contributed by atoms with E-state index in [4.69, 9.17) is 4.74 Å². The number of hydrogen-bond donors (Lipinski definition) is 1. The van der Waals surface area contributed by atoms with E-state index in [-0.39, 0.29) is 12.0 Å². The van der Waals surface area contributed by atoms with E-state index in [0.717, 1.165) is 36.6 Å². The number of aromatic nitrogens is 2. The Morgan fingerprint density at radius 2 is 1.68 bits per heavy atom. The molecule has 1 aliphatic rings. The highest BCUT2D eigenvalue weighted by Crippen LogP contribution is 2.15. The quantitative estimate of drug-likeness (QED) is 0.640. The highest BCUT2D eigenvalue weighted by atomic mass is 16.5.